The molecule has 0 aliphatic carbocycles. The van der Waals surface area contributed by atoms with Crippen LogP contribution in [0.25, 0.3) is 22.2 Å². The summed E-state index contributed by atoms with van der Waals surface area (Å²) in [6.07, 6.45) is 0. The largest absolute Gasteiger partial charge is 0.351 e. The molecule has 1 heterocycles. The van der Waals surface area contributed by atoms with E-state index in [4.69, 9.17) is 0 Å². The molecule has 0 saturated heterocycles. The topological polar surface area (TPSA) is 45.2 Å². The summed E-state index contributed by atoms with van der Waals surface area (Å²) in [7, 11) is 3.92. The molecule has 26 heavy (non-hydrogen) atoms. The number of carbonyl (C=O) groups excluding carboxylic acids is 1. The van der Waals surface area contributed by atoms with E-state index in [9.17, 15) is 9.18 Å². The summed E-state index contributed by atoms with van der Waals surface area (Å²) in [6, 6.07) is 13.8. The fraction of sp³-hybridized carbons (Fsp3) is 0.238. The number of pyridine rings is 1. The molecule has 0 fully saturated rings. The van der Waals surface area contributed by atoms with E-state index in [2.05, 4.69) is 10.3 Å². The van der Waals surface area contributed by atoms with E-state index in [1.54, 1.807) is 18.2 Å². The molecule has 0 aliphatic heterocycles. The molecule has 4 nitrogen and oxygen atoms in total. The van der Waals surface area contributed by atoms with Gasteiger partial charge in [0, 0.05) is 24.0 Å². The molecule has 134 valence electrons. The van der Waals surface area contributed by atoms with Crippen LogP contribution in [0.5, 0.6) is 0 Å². The lowest BCUT2D eigenvalue weighted by Crippen LogP contribution is -2.31. The van der Waals surface area contributed by atoms with Gasteiger partial charge in [-0.25, -0.2) is 9.37 Å². The van der Waals surface area contributed by atoms with Crippen molar-refractivity contribution in [3.8, 4) is 11.3 Å². The summed E-state index contributed by atoms with van der Waals surface area (Å²) < 4.78 is 13.2. The van der Waals surface area contributed by atoms with Gasteiger partial charge in [-0.1, -0.05) is 11.6 Å². The lowest BCUT2D eigenvalue weighted by molar-refractivity contribution is 0.0952. The number of benzene rings is 2. The number of fused-ring (bicyclic) bond motifs is 1. The van der Waals surface area contributed by atoms with Gasteiger partial charge in [-0.05, 0) is 63.5 Å². The van der Waals surface area contributed by atoms with Gasteiger partial charge in [0.15, 0.2) is 0 Å². The zero-order valence-corrected chi connectivity index (χ0v) is 15.2. The molecule has 0 atom stereocenters. The molecule has 2 aromatic carbocycles. The molecule has 3 aromatic rings. The smallest absolute Gasteiger partial charge is 0.252 e. The number of likely N-dealkylation sites (N-methyl/N-ethyl adjacent to an activating group) is 1. The molecular weight excluding hydrogens is 329 g/mol. The summed E-state index contributed by atoms with van der Waals surface area (Å²) in [6.45, 7) is 3.31. The third-order valence-electron chi connectivity index (χ3n) is 4.19. The summed E-state index contributed by atoms with van der Waals surface area (Å²) in [5.41, 5.74) is 3.82. The van der Waals surface area contributed by atoms with E-state index in [0.717, 1.165) is 28.6 Å². The van der Waals surface area contributed by atoms with Gasteiger partial charge in [-0.2, -0.15) is 0 Å². The van der Waals surface area contributed by atoms with Gasteiger partial charge in [0.25, 0.3) is 5.91 Å². The predicted octanol–water partition coefficient (Wildman–Crippen LogP) is 3.64. The van der Waals surface area contributed by atoms with Gasteiger partial charge in [-0.15, -0.1) is 0 Å². The van der Waals surface area contributed by atoms with Crippen LogP contribution in [0.1, 0.15) is 15.9 Å². The molecule has 0 radical (unpaired) electrons. The van der Waals surface area contributed by atoms with E-state index in [0.29, 0.717) is 17.8 Å². The van der Waals surface area contributed by atoms with E-state index < -0.39 is 0 Å². The quantitative estimate of drug-likeness (QED) is 0.763. The fourth-order valence-corrected chi connectivity index (χ4v) is 2.78. The Kier molecular flexibility index (Phi) is 5.28. The van der Waals surface area contributed by atoms with Crippen LogP contribution in [-0.2, 0) is 0 Å². The van der Waals surface area contributed by atoms with Crippen LogP contribution < -0.4 is 5.32 Å². The van der Waals surface area contributed by atoms with Gasteiger partial charge in [-0.3, -0.25) is 4.79 Å². The highest BCUT2D eigenvalue weighted by Crippen LogP contribution is 2.26. The van der Waals surface area contributed by atoms with Crippen molar-refractivity contribution in [1.29, 1.82) is 0 Å². The zero-order valence-electron chi connectivity index (χ0n) is 15.2. The first kappa shape index (κ1) is 18.0. The number of nitrogens with zero attached hydrogens (tertiary/aromatic N) is 2. The van der Waals surface area contributed by atoms with Crippen LogP contribution in [0.15, 0.2) is 48.5 Å². The Morgan fingerprint density at radius 3 is 2.54 bits per heavy atom. The molecule has 1 N–H and O–H groups in total. The summed E-state index contributed by atoms with van der Waals surface area (Å²) in [5, 5.41) is 3.78. The standard InChI is InChI=1S/C21H22FN3O/c1-14-4-9-19-17(12-14)18(21(26)23-10-11-25(2)3)13-20(24-19)15-5-7-16(22)8-6-15/h4-9,12-13H,10-11H2,1-3H3,(H,23,26). The second-order valence-corrected chi connectivity index (χ2v) is 6.64. The molecule has 1 amide bonds. The monoisotopic (exact) mass is 351 g/mol. The Labute approximate surface area is 152 Å². The van der Waals surface area contributed by atoms with Crippen molar-refractivity contribution in [2.75, 3.05) is 27.2 Å². The fourth-order valence-electron chi connectivity index (χ4n) is 2.78. The molecule has 5 heteroatoms. The SMILES string of the molecule is Cc1ccc2nc(-c3ccc(F)cc3)cc(C(=O)NCCN(C)C)c2c1. The second kappa shape index (κ2) is 7.62. The first-order valence-electron chi connectivity index (χ1n) is 8.54. The average Bonchev–Trinajstić information content (AvgIpc) is 2.61. The molecule has 0 aliphatic rings. The number of hydrogen-bond acceptors (Lipinski definition) is 3. The minimum Gasteiger partial charge on any atom is -0.351 e. The maximum absolute atomic E-state index is 13.2. The van der Waals surface area contributed by atoms with Gasteiger partial charge in [0.1, 0.15) is 5.82 Å². The maximum Gasteiger partial charge on any atom is 0.252 e. The number of aromatic nitrogens is 1. The van der Waals surface area contributed by atoms with Crippen molar-refractivity contribution in [3.05, 3.63) is 65.5 Å². The molecule has 0 bridgehead atoms. The summed E-state index contributed by atoms with van der Waals surface area (Å²) in [4.78, 5) is 19.4. The zero-order chi connectivity index (χ0) is 18.7. The Bertz CT molecular complexity index is 936. The number of carbonyl (C=O) groups is 1. The molecule has 3 rings (SSSR count). The van der Waals surface area contributed by atoms with Crippen LogP contribution in [0.4, 0.5) is 4.39 Å². The minimum atomic E-state index is -0.299. The number of rotatable bonds is 5. The molecule has 0 saturated carbocycles. The Hall–Kier alpha value is -2.79. The summed E-state index contributed by atoms with van der Waals surface area (Å²) >= 11 is 0. The van der Waals surface area contributed by atoms with Crippen molar-refractivity contribution in [2.45, 2.75) is 6.92 Å². The highest BCUT2D eigenvalue weighted by molar-refractivity contribution is 6.07. The number of aryl methyl sites for hydroxylation is 1. The van der Waals surface area contributed by atoms with E-state index >= 15 is 0 Å². The van der Waals surface area contributed by atoms with Crippen LogP contribution in [0.3, 0.4) is 0 Å². The average molecular weight is 351 g/mol. The van der Waals surface area contributed by atoms with Crippen LogP contribution in [0.2, 0.25) is 0 Å². The van der Waals surface area contributed by atoms with Crippen LogP contribution in [-0.4, -0.2) is 43.0 Å². The Morgan fingerprint density at radius 1 is 1.12 bits per heavy atom. The van der Waals surface area contributed by atoms with Crippen molar-refractivity contribution in [1.82, 2.24) is 15.2 Å². The van der Waals surface area contributed by atoms with Gasteiger partial charge >= 0.3 is 0 Å². The molecular formula is C21H22FN3O. The number of nitrogens with one attached hydrogen (secondary N) is 1. The number of hydrogen-bond donors (Lipinski definition) is 1. The lowest BCUT2D eigenvalue weighted by Gasteiger charge is -2.13. The van der Waals surface area contributed by atoms with Crippen LogP contribution >= 0.6 is 0 Å². The highest BCUT2D eigenvalue weighted by Gasteiger charge is 2.14. The van der Waals surface area contributed by atoms with Gasteiger partial charge < -0.3 is 10.2 Å². The first-order valence-corrected chi connectivity index (χ1v) is 8.54. The van der Waals surface area contributed by atoms with Crippen molar-refractivity contribution < 1.29 is 9.18 Å². The lowest BCUT2D eigenvalue weighted by atomic mass is 10.0. The number of amides is 1. The molecule has 0 unspecified atom stereocenters. The third kappa shape index (κ3) is 4.06. The van der Waals surface area contributed by atoms with Crippen molar-refractivity contribution >= 4 is 16.8 Å². The summed E-state index contributed by atoms with van der Waals surface area (Å²) in [5.74, 6) is -0.431. The maximum atomic E-state index is 13.2. The first-order chi connectivity index (χ1) is 12.4. The van der Waals surface area contributed by atoms with E-state index in [1.165, 1.54) is 12.1 Å². The van der Waals surface area contributed by atoms with E-state index in [1.807, 2.05) is 44.1 Å². The highest BCUT2D eigenvalue weighted by atomic mass is 19.1. The van der Waals surface area contributed by atoms with Gasteiger partial charge in [0.05, 0.1) is 16.8 Å². The van der Waals surface area contributed by atoms with Crippen molar-refractivity contribution in [2.24, 2.45) is 0 Å². The van der Waals surface area contributed by atoms with E-state index in [-0.39, 0.29) is 11.7 Å². The number of halogens is 1. The Balaban J connectivity index is 2.05. The normalized spacial score (nSPS) is 11.1. The van der Waals surface area contributed by atoms with Gasteiger partial charge in [0.2, 0.25) is 0 Å². The second-order valence-electron chi connectivity index (χ2n) is 6.64. The molecule has 1 aromatic heterocycles. The van der Waals surface area contributed by atoms with Crippen molar-refractivity contribution in [3.63, 3.8) is 0 Å². The third-order valence-corrected chi connectivity index (χ3v) is 4.19. The minimum absolute atomic E-state index is 0.131. The predicted molar refractivity (Wildman–Crippen MR) is 103 cm³/mol. The van der Waals surface area contributed by atoms with Crippen LogP contribution in [0, 0.1) is 12.7 Å². The Morgan fingerprint density at radius 2 is 1.85 bits per heavy atom. The molecule has 0 spiro atoms.